The summed E-state index contributed by atoms with van der Waals surface area (Å²) in [5, 5.41) is 5.98. The minimum Gasteiger partial charge on any atom is -0.497 e. The summed E-state index contributed by atoms with van der Waals surface area (Å²) in [6.45, 7) is -0.282. The average molecular weight is 391 g/mol. The van der Waals surface area contributed by atoms with Gasteiger partial charge in [-0.1, -0.05) is 42.5 Å². The number of methoxy groups -OCH3 is 1. The van der Waals surface area contributed by atoms with Gasteiger partial charge in [-0.15, -0.1) is 0 Å². The molecule has 2 aromatic rings. The van der Waals surface area contributed by atoms with Crippen molar-refractivity contribution < 1.29 is 19.1 Å². The Balaban J connectivity index is 1.63. The van der Waals surface area contributed by atoms with Crippen molar-refractivity contribution >= 4 is 23.4 Å². The van der Waals surface area contributed by atoms with Gasteiger partial charge in [-0.3, -0.25) is 19.3 Å². The molecule has 0 bridgehead atoms. The van der Waals surface area contributed by atoms with Crippen LogP contribution in [0.1, 0.15) is 36.4 Å². The van der Waals surface area contributed by atoms with Crippen LogP contribution in [-0.2, 0) is 14.4 Å². The number of carbonyl (C=O) groups is 3. The lowest BCUT2D eigenvalue weighted by Crippen LogP contribution is -2.40. The molecule has 0 N–H and O–H groups in total. The maximum atomic E-state index is 13.0. The van der Waals surface area contributed by atoms with Crippen molar-refractivity contribution in [1.82, 2.24) is 9.91 Å². The number of hydrogen-bond donors (Lipinski definition) is 0. The molecular formula is C22H21N3O4. The van der Waals surface area contributed by atoms with Crippen molar-refractivity contribution in [1.29, 1.82) is 0 Å². The first kappa shape index (κ1) is 18.9. The molecule has 1 saturated heterocycles. The predicted molar refractivity (Wildman–Crippen MR) is 106 cm³/mol. The summed E-state index contributed by atoms with van der Waals surface area (Å²) in [5.74, 6) is -0.269. The zero-order chi connectivity index (χ0) is 20.4. The fourth-order valence-corrected chi connectivity index (χ4v) is 3.64. The van der Waals surface area contributed by atoms with Gasteiger partial charge in [0.1, 0.15) is 12.3 Å². The van der Waals surface area contributed by atoms with Crippen LogP contribution in [0, 0.1) is 0 Å². The smallest absolute Gasteiger partial charge is 0.263 e. The van der Waals surface area contributed by atoms with Gasteiger partial charge in [-0.2, -0.15) is 5.10 Å². The van der Waals surface area contributed by atoms with Crippen LogP contribution in [0.2, 0.25) is 0 Å². The molecule has 29 heavy (non-hydrogen) atoms. The second-order valence-electron chi connectivity index (χ2n) is 7.02. The number of imide groups is 1. The van der Waals surface area contributed by atoms with E-state index in [1.165, 1.54) is 5.01 Å². The van der Waals surface area contributed by atoms with Gasteiger partial charge in [-0.25, -0.2) is 5.01 Å². The Hall–Kier alpha value is -3.48. The van der Waals surface area contributed by atoms with Gasteiger partial charge in [0.15, 0.2) is 0 Å². The third kappa shape index (κ3) is 3.76. The van der Waals surface area contributed by atoms with Crippen molar-refractivity contribution in [3.05, 3.63) is 65.7 Å². The molecule has 2 aliphatic rings. The normalized spacial score (nSPS) is 18.9. The van der Waals surface area contributed by atoms with E-state index >= 15 is 0 Å². The van der Waals surface area contributed by atoms with Crippen LogP contribution < -0.4 is 4.74 Å². The third-order valence-corrected chi connectivity index (χ3v) is 5.22. The number of carbonyl (C=O) groups excluding carboxylic acids is 3. The molecule has 0 spiro atoms. The van der Waals surface area contributed by atoms with E-state index in [1.54, 1.807) is 7.11 Å². The van der Waals surface area contributed by atoms with E-state index in [9.17, 15) is 14.4 Å². The standard InChI is InChI=1S/C22H21N3O4/c1-29-17-9-7-16(8-10-17)19-13-18(15-5-3-2-4-6-15)23-25(19)22(28)14-24-20(26)11-12-21(24)27/h2-10,19H,11-14H2,1H3/t19-/m1/s1. The number of ether oxygens (including phenoxy) is 1. The van der Waals surface area contributed by atoms with Crippen molar-refractivity contribution in [3.8, 4) is 5.75 Å². The summed E-state index contributed by atoms with van der Waals surface area (Å²) in [6, 6.07) is 16.8. The topological polar surface area (TPSA) is 79.3 Å². The van der Waals surface area contributed by atoms with E-state index in [0.29, 0.717) is 6.42 Å². The van der Waals surface area contributed by atoms with Gasteiger partial charge in [0.2, 0.25) is 11.8 Å². The van der Waals surface area contributed by atoms with Gasteiger partial charge in [0, 0.05) is 19.3 Å². The molecule has 148 valence electrons. The van der Waals surface area contributed by atoms with Gasteiger partial charge in [0.25, 0.3) is 5.91 Å². The summed E-state index contributed by atoms with van der Waals surface area (Å²) in [6.07, 6.45) is 0.864. The first-order valence-corrected chi connectivity index (χ1v) is 9.49. The Labute approximate surface area is 168 Å². The maximum absolute atomic E-state index is 13.0. The summed E-state index contributed by atoms with van der Waals surface area (Å²) < 4.78 is 5.22. The molecule has 7 nitrogen and oxygen atoms in total. The molecule has 1 fully saturated rings. The highest BCUT2D eigenvalue weighted by Gasteiger charge is 2.37. The fraction of sp³-hybridized carbons (Fsp3) is 0.273. The molecule has 2 aliphatic heterocycles. The number of hydrazone groups is 1. The number of nitrogens with zero attached hydrogens (tertiary/aromatic N) is 3. The first-order chi connectivity index (χ1) is 14.1. The van der Waals surface area contributed by atoms with E-state index in [4.69, 9.17) is 4.74 Å². The monoisotopic (exact) mass is 391 g/mol. The highest BCUT2D eigenvalue weighted by atomic mass is 16.5. The van der Waals surface area contributed by atoms with E-state index in [0.717, 1.165) is 27.5 Å². The van der Waals surface area contributed by atoms with Crippen molar-refractivity contribution in [2.75, 3.05) is 13.7 Å². The second kappa shape index (κ2) is 7.87. The summed E-state index contributed by atoms with van der Waals surface area (Å²) in [4.78, 5) is 37.9. The molecule has 0 aliphatic carbocycles. The fourth-order valence-electron chi connectivity index (χ4n) is 3.64. The minimum absolute atomic E-state index is 0.159. The molecule has 3 amide bonds. The van der Waals surface area contributed by atoms with Gasteiger partial charge in [-0.05, 0) is 23.3 Å². The van der Waals surface area contributed by atoms with Crippen LogP contribution in [-0.4, -0.2) is 47.0 Å². The number of likely N-dealkylation sites (tertiary alicyclic amines) is 1. The Morgan fingerprint density at radius 3 is 2.31 bits per heavy atom. The minimum atomic E-state index is -0.375. The van der Waals surface area contributed by atoms with Crippen LogP contribution >= 0.6 is 0 Å². The molecule has 0 saturated carbocycles. The zero-order valence-corrected chi connectivity index (χ0v) is 16.1. The molecule has 1 atom stereocenters. The quantitative estimate of drug-likeness (QED) is 0.734. The van der Waals surface area contributed by atoms with Gasteiger partial charge in [0.05, 0.1) is 18.9 Å². The van der Waals surface area contributed by atoms with Crippen LogP contribution in [0.3, 0.4) is 0 Å². The lowest BCUT2D eigenvalue weighted by molar-refractivity contribution is -0.146. The summed E-state index contributed by atoms with van der Waals surface area (Å²) >= 11 is 0. The molecule has 0 unspecified atom stereocenters. The molecule has 4 rings (SSSR count). The molecule has 7 heteroatoms. The highest BCUT2D eigenvalue weighted by molar-refractivity contribution is 6.06. The van der Waals surface area contributed by atoms with E-state index in [2.05, 4.69) is 5.10 Å². The van der Waals surface area contributed by atoms with E-state index < -0.39 is 0 Å². The highest BCUT2D eigenvalue weighted by Crippen LogP contribution is 2.34. The Kier molecular flexibility index (Phi) is 5.12. The van der Waals surface area contributed by atoms with Gasteiger partial charge < -0.3 is 4.74 Å². The Morgan fingerprint density at radius 2 is 1.69 bits per heavy atom. The molecule has 0 radical (unpaired) electrons. The number of benzene rings is 2. The predicted octanol–water partition coefficient (Wildman–Crippen LogP) is 2.52. The largest absolute Gasteiger partial charge is 0.497 e. The lowest BCUT2D eigenvalue weighted by atomic mass is 9.98. The lowest BCUT2D eigenvalue weighted by Gasteiger charge is -2.24. The van der Waals surface area contributed by atoms with Crippen LogP contribution in [0.4, 0.5) is 0 Å². The third-order valence-electron chi connectivity index (χ3n) is 5.22. The van der Waals surface area contributed by atoms with Crippen molar-refractivity contribution in [2.24, 2.45) is 5.10 Å². The Morgan fingerprint density at radius 1 is 1.03 bits per heavy atom. The second-order valence-corrected chi connectivity index (χ2v) is 7.02. The average Bonchev–Trinajstić information content (AvgIpc) is 3.34. The van der Waals surface area contributed by atoms with Crippen molar-refractivity contribution in [2.45, 2.75) is 25.3 Å². The Bertz CT molecular complexity index is 953. The van der Waals surface area contributed by atoms with E-state index in [-0.39, 0.29) is 43.1 Å². The molecular weight excluding hydrogens is 370 g/mol. The first-order valence-electron chi connectivity index (χ1n) is 9.49. The summed E-state index contributed by atoms with van der Waals surface area (Å²) in [5.41, 5.74) is 2.64. The number of rotatable bonds is 5. The van der Waals surface area contributed by atoms with Crippen LogP contribution in [0.25, 0.3) is 0 Å². The number of amides is 3. The van der Waals surface area contributed by atoms with Crippen LogP contribution in [0.5, 0.6) is 5.75 Å². The maximum Gasteiger partial charge on any atom is 0.263 e. The summed E-state index contributed by atoms with van der Waals surface area (Å²) in [7, 11) is 1.60. The number of hydrogen-bond acceptors (Lipinski definition) is 5. The van der Waals surface area contributed by atoms with Crippen molar-refractivity contribution in [3.63, 3.8) is 0 Å². The molecule has 2 aromatic carbocycles. The van der Waals surface area contributed by atoms with E-state index in [1.807, 2.05) is 54.6 Å². The molecule has 0 aromatic heterocycles. The molecule has 2 heterocycles. The SMILES string of the molecule is COc1ccc([C@H]2CC(c3ccccc3)=NN2C(=O)CN2C(=O)CCC2=O)cc1. The zero-order valence-electron chi connectivity index (χ0n) is 16.1. The van der Waals surface area contributed by atoms with Crippen LogP contribution in [0.15, 0.2) is 59.7 Å². The van der Waals surface area contributed by atoms with Gasteiger partial charge >= 0.3 is 0 Å².